The number of ether oxygens (including phenoxy) is 1. The summed E-state index contributed by atoms with van der Waals surface area (Å²) in [6.45, 7) is 0.948. The Bertz CT molecular complexity index is 975. The van der Waals surface area contributed by atoms with Crippen molar-refractivity contribution in [2.45, 2.75) is 19.4 Å². The zero-order chi connectivity index (χ0) is 16.7. The number of esters is 1. The molecule has 2 aromatic heterocycles. The molecule has 0 amide bonds. The quantitative estimate of drug-likeness (QED) is 0.688. The van der Waals surface area contributed by atoms with E-state index in [-0.39, 0.29) is 5.69 Å². The highest BCUT2D eigenvalue weighted by Gasteiger charge is 2.23. The first kappa shape index (κ1) is 14.5. The number of nitrogens with zero attached hydrogens (tertiary/aromatic N) is 5. The van der Waals surface area contributed by atoms with Crippen molar-refractivity contribution in [2.75, 3.05) is 7.11 Å². The van der Waals surface area contributed by atoms with Gasteiger partial charge in [0.15, 0.2) is 5.69 Å². The molecule has 0 spiro atoms. The Hall–Kier alpha value is -3.14. The first-order valence-corrected chi connectivity index (χ1v) is 7.73. The molecule has 0 unspecified atom stereocenters. The molecule has 0 bridgehead atoms. The van der Waals surface area contributed by atoms with Gasteiger partial charge < -0.3 is 9.30 Å². The first-order chi connectivity index (χ1) is 11.7. The van der Waals surface area contributed by atoms with Crippen molar-refractivity contribution in [3.8, 4) is 11.8 Å². The third-order valence-corrected chi connectivity index (χ3v) is 4.25. The SMILES string of the molecule is COC(=O)c1cnn(-c2ccc3c(c2)c(C#N)cn3CC2CC2)n1. The standard InChI is InChI=1S/C17H15N5O2/c1-24-17(23)15-8-19-22(20-15)13-4-5-16-14(6-13)12(7-18)10-21(16)9-11-2-3-11/h4-6,8,10-11H,2-3,9H2,1H3. The maximum atomic E-state index is 11.5. The lowest BCUT2D eigenvalue weighted by Crippen LogP contribution is -2.04. The minimum absolute atomic E-state index is 0.143. The van der Waals surface area contributed by atoms with Crippen LogP contribution in [0.5, 0.6) is 0 Å². The van der Waals surface area contributed by atoms with Crippen LogP contribution in [-0.4, -0.2) is 32.6 Å². The predicted molar refractivity (Wildman–Crippen MR) is 85.6 cm³/mol. The van der Waals surface area contributed by atoms with E-state index < -0.39 is 5.97 Å². The smallest absolute Gasteiger partial charge is 0.360 e. The number of rotatable bonds is 4. The number of nitriles is 1. The Balaban J connectivity index is 1.76. The van der Waals surface area contributed by atoms with E-state index in [1.165, 1.54) is 30.9 Å². The van der Waals surface area contributed by atoms with E-state index in [9.17, 15) is 10.1 Å². The Morgan fingerprint density at radius 1 is 1.46 bits per heavy atom. The number of benzene rings is 1. The van der Waals surface area contributed by atoms with Crippen LogP contribution in [0.4, 0.5) is 0 Å². The summed E-state index contributed by atoms with van der Waals surface area (Å²) in [5.41, 5.74) is 2.50. The highest BCUT2D eigenvalue weighted by molar-refractivity contribution is 5.88. The van der Waals surface area contributed by atoms with Crippen LogP contribution in [0.3, 0.4) is 0 Å². The molecule has 1 fully saturated rings. The fraction of sp³-hybridized carbons (Fsp3) is 0.294. The molecule has 7 heteroatoms. The van der Waals surface area contributed by atoms with Crippen molar-refractivity contribution in [2.24, 2.45) is 5.92 Å². The van der Waals surface area contributed by atoms with Gasteiger partial charge in [-0.2, -0.15) is 15.2 Å². The topological polar surface area (TPSA) is 85.7 Å². The number of carbonyl (C=O) groups excluding carboxylic acids is 1. The van der Waals surface area contributed by atoms with Crippen LogP contribution < -0.4 is 0 Å². The van der Waals surface area contributed by atoms with Gasteiger partial charge >= 0.3 is 5.97 Å². The molecular weight excluding hydrogens is 306 g/mol. The van der Waals surface area contributed by atoms with Crippen molar-refractivity contribution < 1.29 is 9.53 Å². The number of carbonyl (C=O) groups is 1. The van der Waals surface area contributed by atoms with Crippen LogP contribution in [0.2, 0.25) is 0 Å². The summed E-state index contributed by atoms with van der Waals surface area (Å²) >= 11 is 0. The third kappa shape index (κ3) is 2.42. The lowest BCUT2D eigenvalue weighted by Gasteiger charge is -2.04. The molecule has 3 aromatic rings. The van der Waals surface area contributed by atoms with E-state index in [1.54, 1.807) is 0 Å². The molecule has 0 N–H and O–H groups in total. The molecule has 0 atom stereocenters. The largest absolute Gasteiger partial charge is 0.464 e. The van der Waals surface area contributed by atoms with Gasteiger partial charge in [0.05, 0.1) is 24.6 Å². The van der Waals surface area contributed by atoms with Gasteiger partial charge in [0.1, 0.15) is 6.07 Å². The van der Waals surface area contributed by atoms with Crippen LogP contribution in [0.1, 0.15) is 28.9 Å². The van der Waals surface area contributed by atoms with Crippen LogP contribution in [0, 0.1) is 17.2 Å². The zero-order valence-corrected chi connectivity index (χ0v) is 13.1. The number of hydrogen-bond donors (Lipinski definition) is 0. The lowest BCUT2D eigenvalue weighted by atomic mass is 10.2. The summed E-state index contributed by atoms with van der Waals surface area (Å²) in [5.74, 6) is 0.192. The van der Waals surface area contributed by atoms with Gasteiger partial charge in [0, 0.05) is 23.6 Å². The summed E-state index contributed by atoms with van der Waals surface area (Å²) in [4.78, 5) is 12.9. The second-order valence-corrected chi connectivity index (χ2v) is 5.96. The molecule has 1 aliphatic rings. The van der Waals surface area contributed by atoms with Crippen LogP contribution >= 0.6 is 0 Å². The molecule has 120 valence electrons. The monoisotopic (exact) mass is 321 g/mol. The Labute approximate surface area is 138 Å². The third-order valence-electron chi connectivity index (χ3n) is 4.25. The molecule has 1 aliphatic carbocycles. The van der Waals surface area contributed by atoms with Crippen molar-refractivity contribution >= 4 is 16.9 Å². The van der Waals surface area contributed by atoms with E-state index in [0.717, 1.165) is 23.4 Å². The van der Waals surface area contributed by atoms with Crippen molar-refractivity contribution in [3.63, 3.8) is 0 Å². The summed E-state index contributed by atoms with van der Waals surface area (Å²) < 4.78 is 6.78. The Kier molecular flexibility index (Phi) is 3.31. The zero-order valence-electron chi connectivity index (χ0n) is 13.1. The number of fused-ring (bicyclic) bond motifs is 1. The minimum atomic E-state index is -0.532. The maximum Gasteiger partial charge on any atom is 0.360 e. The van der Waals surface area contributed by atoms with Crippen LogP contribution in [-0.2, 0) is 11.3 Å². The highest BCUT2D eigenvalue weighted by atomic mass is 16.5. The predicted octanol–water partition coefficient (Wildman–Crippen LogP) is 2.29. The molecule has 4 rings (SSSR count). The van der Waals surface area contributed by atoms with Crippen molar-refractivity contribution in [1.82, 2.24) is 19.6 Å². The molecule has 0 radical (unpaired) electrons. The molecule has 2 heterocycles. The minimum Gasteiger partial charge on any atom is -0.464 e. The number of aromatic nitrogens is 4. The summed E-state index contributed by atoms with van der Waals surface area (Å²) in [7, 11) is 1.30. The van der Waals surface area contributed by atoms with Gasteiger partial charge in [0.2, 0.25) is 0 Å². The maximum absolute atomic E-state index is 11.5. The average Bonchev–Trinajstić information content (AvgIpc) is 3.17. The molecule has 1 aromatic carbocycles. The fourth-order valence-electron chi connectivity index (χ4n) is 2.81. The van der Waals surface area contributed by atoms with Gasteiger partial charge in [-0.15, -0.1) is 5.10 Å². The first-order valence-electron chi connectivity index (χ1n) is 7.73. The summed E-state index contributed by atoms with van der Waals surface area (Å²) in [6.07, 6.45) is 5.78. The molecule has 0 saturated heterocycles. The van der Waals surface area contributed by atoms with E-state index in [0.29, 0.717) is 11.3 Å². The van der Waals surface area contributed by atoms with Gasteiger partial charge in [-0.1, -0.05) is 0 Å². The second kappa shape index (κ2) is 5.49. The fourth-order valence-corrected chi connectivity index (χ4v) is 2.81. The molecular formula is C17H15N5O2. The van der Waals surface area contributed by atoms with Crippen molar-refractivity contribution in [1.29, 1.82) is 5.26 Å². The second-order valence-electron chi connectivity index (χ2n) is 5.96. The number of hydrogen-bond acceptors (Lipinski definition) is 5. The van der Waals surface area contributed by atoms with Gasteiger partial charge in [0.25, 0.3) is 0 Å². The molecule has 24 heavy (non-hydrogen) atoms. The van der Waals surface area contributed by atoms with Crippen LogP contribution in [0.25, 0.3) is 16.6 Å². The van der Waals surface area contributed by atoms with E-state index in [4.69, 9.17) is 0 Å². The summed E-state index contributed by atoms with van der Waals surface area (Å²) in [5, 5.41) is 18.5. The van der Waals surface area contributed by atoms with E-state index >= 15 is 0 Å². The molecule has 0 aliphatic heterocycles. The van der Waals surface area contributed by atoms with Gasteiger partial charge in [-0.3, -0.25) is 0 Å². The molecule has 7 nitrogen and oxygen atoms in total. The van der Waals surface area contributed by atoms with Crippen LogP contribution in [0.15, 0.2) is 30.6 Å². The highest BCUT2D eigenvalue weighted by Crippen LogP contribution is 2.33. The Morgan fingerprint density at radius 2 is 2.29 bits per heavy atom. The van der Waals surface area contributed by atoms with E-state index in [2.05, 4.69) is 25.6 Å². The van der Waals surface area contributed by atoms with E-state index in [1.807, 2.05) is 24.4 Å². The Morgan fingerprint density at radius 3 is 3.00 bits per heavy atom. The molecule has 1 saturated carbocycles. The lowest BCUT2D eigenvalue weighted by molar-refractivity contribution is 0.0593. The normalized spacial score (nSPS) is 13.8. The van der Waals surface area contributed by atoms with Gasteiger partial charge in [-0.25, -0.2) is 4.79 Å². The number of methoxy groups -OCH3 is 1. The summed E-state index contributed by atoms with van der Waals surface area (Å²) in [6, 6.07) is 7.97. The van der Waals surface area contributed by atoms with Crippen molar-refractivity contribution in [3.05, 3.63) is 41.9 Å². The van der Waals surface area contributed by atoms with Gasteiger partial charge in [-0.05, 0) is 37.0 Å². The average molecular weight is 321 g/mol.